The molecule has 25 heavy (non-hydrogen) atoms. The predicted octanol–water partition coefficient (Wildman–Crippen LogP) is 2.22. The van der Waals surface area contributed by atoms with Gasteiger partial charge in [0.15, 0.2) is 0 Å². The van der Waals surface area contributed by atoms with E-state index >= 15 is 0 Å². The molecule has 3 aliphatic rings. The van der Waals surface area contributed by atoms with Gasteiger partial charge in [0.1, 0.15) is 17.5 Å². The maximum atomic E-state index is 13.9. The first-order valence-corrected chi connectivity index (χ1v) is 9.07. The Kier molecular flexibility index (Phi) is 3.37. The molecule has 4 rings (SSSR count). The largest absolute Gasteiger partial charge is 0.417 e. The van der Waals surface area contributed by atoms with Crippen LogP contribution < -0.4 is 4.31 Å². The Labute approximate surface area is 140 Å². The first-order valence-electron chi connectivity index (χ1n) is 7.57. The number of hydrogen-bond donors (Lipinski definition) is 0. The molecule has 0 N–H and O–H groups in total. The molecule has 0 unspecified atom stereocenters. The van der Waals surface area contributed by atoms with E-state index in [2.05, 4.69) is 0 Å². The lowest BCUT2D eigenvalue weighted by atomic mass is 9.87. The van der Waals surface area contributed by atoms with Crippen LogP contribution in [0.2, 0.25) is 0 Å². The van der Waals surface area contributed by atoms with Crippen molar-refractivity contribution in [2.45, 2.75) is 36.2 Å². The number of halogens is 4. The van der Waals surface area contributed by atoms with Gasteiger partial charge in [0.2, 0.25) is 10.0 Å². The number of fused-ring (bicyclic) bond motifs is 5. The molecule has 0 aliphatic carbocycles. The molecule has 5 atom stereocenters. The lowest BCUT2D eigenvalue weighted by molar-refractivity contribution is -0.137. The fourth-order valence-corrected chi connectivity index (χ4v) is 6.40. The second-order valence-electron chi connectivity index (χ2n) is 6.43. The summed E-state index contributed by atoms with van der Waals surface area (Å²) in [6, 6.07) is 4.23. The number of nitriles is 1. The van der Waals surface area contributed by atoms with E-state index in [1.807, 2.05) is 0 Å². The Morgan fingerprint density at radius 2 is 2.04 bits per heavy atom. The molecule has 0 radical (unpaired) electrons. The van der Waals surface area contributed by atoms with Crippen LogP contribution in [-0.4, -0.2) is 38.6 Å². The zero-order valence-corrected chi connectivity index (χ0v) is 13.4. The van der Waals surface area contributed by atoms with Gasteiger partial charge in [0.05, 0.1) is 29.0 Å². The molecule has 1 aromatic carbocycles. The molecule has 10 heteroatoms. The van der Waals surface area contributed by atoms with E-state index in [9.17, 15) is 26.0 Å². The molecule has 2 bridgehead atoms. The number of ether oxygens (including phenoxy) is 1. The maximum absolute atomic E-state index is 13.9. The minimum Gasteiger partial charge on any atom is -0.370 e. The normalized spacial score (nSPS) is 35.6. The van der Waals surface area contributed by atoms with Crippen LogP contribution in [0, 0.1) is 17.2 Å². The number of nitrogens with zero attached hydrogens (tertiary/aromatic N) is 2. The molecule has 3 heterocycles. The third-order valence-corrected chi connectivity index (χ3v) is 7.39. The van der Waals surface area contributed by atoms with Crippen molar-refractivity contribution in [3.63, 3.8) is 0 Å². The molecular formula is C15H12F4N2O3S. The van der Waals surface area contributed by atoms with E-state index in [0.717, 1.165) is 10.4 Å². The van der Waals surface area contributed by atoms with Gasteiger partial charge in [-0.2, -0.15) is 18.4 Å². The van der Waals surface area contributed by atoms with Crippen molar-refractivity contribution in [1.82, 2.24) is 0 Å². The molecule has 3 fully saturated rings. The summed E-state index contributed by atoms with van der Waals surface area (Å²) in [5.74, 6) is -0.466. The van der Waals surface area contributed by atoms with E-state index in [4.69, 9.17) is 10.00 Å². The number of hydrogen-bond acceptors (Lipinski definition) is 4. The minimum absolute atomic E-state index is 0.0515. The summed E-state index contributed by atoms with van der Waals surface area (Å²) in [4.78, 5) is 0. The molecule has 0 spiro atoms. The van der Waals surface area contributed by atoms with E-state index in [-0.39, 0.29) is 18.7 Å². The molecule has 0 saturated carbocycles. The number of sulfonamides is 1. The van der Waals surface area contributed by atoms with Gasteiger partial charge in [-0.3, -0.25) is 4.31 Å². The topological polar surface area (TPSA) is 70.4 Å². The second kappa shape index (κ2) is 5.08. The number of anilines is 1. The molecule has 134 valence electrons. The highest BCUT2D eigenvalue weighted by molar-refractivity contribution is 7.93. The highest BCUT2D eigenvalue weighted by Gasteiger charge is 2.65. The summed E-state index contributed by atoms with van der Waals surface area (Å²) in [5, 5.41) is 7.76. The van der Waals surface area contributed by atoms with E-state index < -0.39 is 56.9 Å². The van der Waals surface area contributed by atoms with Gasteiger partial charge in [0, 0.05) is 18.9 Å². The van der Waals surface area contributed by atoms with Crippen molar-refractivity contribution in [3.8, 4) is 6.07 Å². The van der Waals surface area contributed by atoms with Gasteiger partial charge in [-0.25, -0.2) is 12.8 Å². The summed E-state index contributed by atoms with van der Waals surface area (Å²) in [5.41, 5.74) is -1.95. The fraction of sp³-hybridized carbons (Fsp3) is 0.533. The van der Waals surface area contributed by atoms with E-state index in [0.29, 0.717) is 6.07 Å². The summed E-state index contributed by atoms with van der Waals surface area (Å²) < 4.78 is 85.0. The molecule has 5 nitrogen and oxygen atoms in total. The zero-order valence-electron chi connectivity index (χ0n) is 12.6. The SMILES string of the molecule is N#Cc1ccc(N2C[C@H]3[C@H]([C@H]4O[C@@H]3C[C@H]4F)S2(=O)=O)cc1C(F)(F)F. The highest BCUT2D eigenvalue weighted by Crippen LogP contribution is 2.50. The summed E-state index contributed by atoms with van der Waals surface area (Å²) >= 11 is 0. The highest BCUT2D eigenvalue weighted by atomic mass is 32.2. The van der Waals surface area contributed by atoms with Crippen LogP contribution >= 0.6 is 0 Å². The van der Waals surface area contributed by atoms with Gasteiger partial charge in [-0.05, 0) is 18.2 Å². The average molecular weight is 376 g/mol. The van der Waals surface area contributed by atoms with Gasteiger partial charge in [0.25, 0.3) is 0 Å². The Morgan fingerprint density at radius 1 is 1.32 bits per heavy atom. The van der Waals surface area contributed by atoms with Crippen LogP contribution in [0.25, 0.3) is 0 Å². The van der Waals surface area contributed by atoms with E-state index in [1.165, 1.54) is 12.1 Å². The number of benzene rings is 1. The van der Waals surface area contributed by atoms with Crippen LogP contribution in [-0.2, 0) is 20.9 Å². The van der Waals surface area contributed by atoms with Crippen molar-refractivity contribution >= 4 is 15.7 Å². The van der Waals surface area contributed by atoms with Crippen LogP contribution in [0.5, 0.6) is 0 Å². The van der Waals surface area contributed by atoms with Crippen molar-refractivity contribution in [2.75, 3.05) is 10.8 Å². The molecule has 0 amide bonds. The molecule has 1 aromatic rings. The summed E-state index contributed by atoms with van der Waals surface area (Å²) in [6.45, 7) is -0.0515. The zero-order chi connectivity index (χ0) is 18.1. The molecular weight excluding hydrogens is 364 g/mol. The molecule has 0 aromatic heterocycles. The van der Waals surface area contributed by atoms with Gasteiger partial charge in [-0.15, -0.1) is 0 Å². The van der Waals surface area contributed by atoms with Crippen LogP contribution in [0.1, 0.15) is 17.5 Å². The lowest BCUT2D eigenvalue weighted by Gasteiger charge is -2.23. The number of rotatable bonds is 1. The lowest BCUT2D eigenvalue weighted by Crippen LogP contribution is -2.41. The Hall–Kier alpha value is -1.86. The summed E-state index contributed by atoms with van der Waals surface area (Å²) in [6.07, 6.45) is -7.66. The van der Waals surface area contributed by atoms with Gasteiger partial charge >= 0.3 is 6.18 Å². The summed E-state index contributed by atoms with van der Waals surface area (Å²) in [7, 11) is -4.05. The molecule has 3 aliphatic heterocycles. The second-order valence-corrected chi connectivity index (χ2v) is 8.45. The van der Waals surface area contributed by atoms with Crippen molar-refractivity contribution in [2.24, 2.45) is 5.92 Å². The van der Waals surface area contributed by atoms with Gasteiger partial charge < -0.3 is 4.74 Å². The first kappa shape index (κ1) is 16.6. The monoisotopic (exact) mass is 376 g/mol. The predicted molar refractivity (Wildman–Crippen MR) is 77.9 cm³/mol. The van der Waals surface area contributed by atoms with Crippen molar-refractivity contribution in [1.29, 1.82) is 5.26 Å². The van der Waals surface area contributed by atoms with Gasteiger partial charge in [-0.1, -0.05) is 0 Å². The van der Waals surface area contributed by atoms with Crippen LogP contribution in [0.15, 0.2) is 18.2 Å². The maximum Gasteiger partial charge on any atom is 0.417 e. The third kappa shape index (κ3) is 2.25. The average Bonchev–Trinajstić information content (AvgIpc) is 3.15. The Balaban J connectivity index is 1.76. The standard InChI is InChI=1S/C15H12F4N2O3S/c16-11-4-12-9-6-21(25(22,23)14(9)13(11)24-12)8-2-1-7(5-20)10(3-8)15(17,18)19/h1-3,9,11-14H,4,6H2/t9-,11-,12-,13+,14-/m1/s1. The smallest absolute Gasteiger partial charge is 0.370 e. The van der Waals surface area contributed by atoms with Crippen molar-refractivity contribution < 1.29 is 30.7 Å². The van der Waals surface area contributed by atoms with Crippen LogP contribution in [0.4, 0.5) is 23.2 Å². The first-order chi connectivity index (χ1) is 11.6. The Bertz CT molecular complexity index is 880. The minimum atomic E-state index is -4.79. The van der Waals surface area contributed by atoms with E-state index in [1.54, 1.807) is 0 Å². The fourth-order valence-electron chi connectivity index (χ4n) is 4.04. The number of alkyl halides is 4. The molecule has 3 saturated heterocycles. The Morgan fingerprint density at radius 3 is 2.68 bits per heavy atom. The third-order valence-electron chi connectivity index (χ3n) is 5.11. The van der Waals surface area contributed by atoms with Crippen LogP contribution in [0.3, 0.4) is 0 Å². The quantitative estimate of drug-likeness (QED) is 0.705. The van der Waals surface area contributed by atoms with Crippen molar-refractivity contribution in [3.05, 3.63) is 29.3 Å².